The number of aromatic nitrogens is 3. The molecule has 1 amide bonds. The third kappa shape index (κ3) is 6.70. The summed E-state index contributed by atoms with van der Waals surface area (Å²) in [5.74, 6) is -0.618. The van der Waals surface area contributed by atoms with Crippen LogP contribution in [0.1, 0.15) is 21.7 Å². The summed E-state index contributed by atoms with van der Waals surface area (Å²) in [7, 11) is 1.45. The van der Waals surface area contributed by atoms with Crippen LogP contribution in [0, 0.1) is 6.92 Å². The molecule has 3 aromatic rings. The number of anilines is 2. The van der Waals surface area contributed by atoms with Gasteiger partial charge in [0.15, 0.2) is 0 Å². The fraction of sp³-hybridized carbons (Fsp3) is 0.273. The van der Waals surface area contributed by atoms with E-state index in [0.29, 0.717) is 11.3 Å². The van der Waals surface area contributed by atoms with Gasteiger partial charge in [0.2, 0.25) is 5.95 Å². The van der Waals surface area contributed by atoms with Gasteiger partial charge >= 0.3 is 6.18 Å². The lowest BCUT2D eigenvalue weighted by Gasteiger charge is -2.12. The van der Waals surface area contributed by atoms with Crippen molar-refractivity contribution in [2.75, 3.05) is 25.6 Å². The molecule has 0 aliphatic carbocycles. The Hall–Kier alpha value is -3.57. The molecule has 3 N–H and O–H groups in total. The number of hydrogen-bond acceptors (Lipinski definition) is 7. The molecule has 0 saturated heterocycles. The maximum atomic E-state index is 12.9. The van der Waals surface area contributed by atoms with Crippen LogP contribution in [0.3, 0.4) is 0 Å². The number of carbonyl (C=O) groups is 1. The number of aryl methyl sites for hydroxylation is 1. The van der Waals surface area contributed by atoms with Gasteiger partial charge < -0.3 is 20.5 Å². The molecule has 8 nitrogen and oxygen atoms in total. The van der Waals surface area contributed by atoms with E-state index >= 15 is 0 Å². The van der Waals surface area contributed by atoms with Gasteiger partial charge in [0.1, 0.15) is 11.4 Å². The number of aliphatic hydroxyl groups is 1. The number of benzene rings is 1. The topological polar surface area (TPSA) is 109 Å². The highest BCUT2D eigenvalue weighted by Crippen LogP contribution is 2.29. The number of methoxy groups -OCH3 is 1. The smallest absolute Gasteiger partial charge is 0.389 e. The largest absolute Gasteiger partial charge is 0.433 e. The molecule has 0 fully saturated rings. The van der Waals surface area contributed by atoms with E-state index in [4.69, 9.17) is 4.74 Å². The molecule has 2 aromatic heterocycles. The highest BCUT2D eigenvalue weighted by molar-refractivity contribution is 5.92. The lowest BCUT2D eigenvalue weighted by molar-refractivity contribution is -0.141. The molecule has 0 aliphatic rings. The van der Waals surface area contributed by atoms with Gasteiger partial charge in [-0.15, -0.1) is 0 Å². The monoisotopic (exact) mass is 461 g/mol. The molecule has 33 heavy (non-hydrogen) atoms. The highest BCUT2D eigenvalue weighted by Gasteiger charge is 2.32. The predicted octanol–water partition coefficient (Wildman–Crippen LogP) is 3.35. The molecule has 0 aliphatic heterocycles. The van der Waals surface area contributed by atoms with Gasteiger partial charge in [0, 0.05) is 37.3 Å². The number of rotatable bonds is 8. The van der Waals surface area contributed by atoms with Gasteiger partial charge in [-0.1, -0.05) is 12.1 Å². The summed E-state index contributed by atoms with van der Waals surface area (Å²) in [6.45, 7) is 1.96. The number of pyridine rings is 1. The SMILES string of the molecule is COCC(O)CNC(=O)c1ccc(-c2cc(C)cc(Nc3nccc(C(F)(F)F)n3)c2)cn1. The molecular formula is C22H22F3N5O3. The van der Waals surface area contributed by atoms with Crippen molar-refractivity contribution in [2.24, 2.45) is 0 Å². The molecule has 0 radical (unpaired) electrons. The average molecular weight is 461 g/mol. The first-order valence-corrected chi connectivity index (χ1v) is 9.86. The third-order valence-corrected chi connectivity index (χ3v) is 4.47. The van der Waals surface area contributed by atoms with Gasteiger partial charge in [0.25, 0.3) is 5.91 Å². The number of hydrogen-bond donors (Lipinski definition) is 3. The number of alkyl halides is 3. The molecule has 3 rings (SSSR count). The first kappa shape index (κ1) is 24.1. The van der Waals surface area contributed by atoms with E-state index in [1.807, 2.05) is 13.0 Å². The van der Waals surface area contributed by atoms with Gasteiger partial charge in [-0.3, -0.25) is 9.78 Å². The van der Waals surface area contributed by atoms with E-state index in [0.717, 1.165) is 23.4 Å². The zero-order chi connectivity index (χ0) is 24.0. The minimum atomic E-state index is -4.57. The van der Waals surface area contributed by atoms with E-state index in [1.165, 1.54) is 13.3 Å². The van der Waals surface area contributed by atoms with E-state index in [-0.39, 0.29) is 24.8 Å². The van der Waals surface area contributed by atoms with Crippen LogP contribution in [0.2, 0.25) is 0 Å². The fourth-order valence-corrected chi connectivity index (χ4v) is 2.98. The van der Waals surface area contributed by atoms with Crippen molar-refractivity contribution in [1.82, 2.24) is 20.3 Å². The number of ether oxygens (including phenoxy) is 1. The van der Waals surface area contributed by atoms with Crippen molar-refractivity contribution in [3.8, 4) is 11.1 Å². The quantitative estimate of drug-likeness (QED) is 0.472. The maximum absolute atomic E-state index is 12.9. The Morgan fingerprint density at radius 1 is 1.15 bits per heavy atom. The Morgan fingerprint density at radius 3 is 2.61 bits per heavy atom. The van der Waals surface area contributed by atoms with E-state index in [2.05, 4.69) is 25.6 Å². The van der Waals surface area contributed by atoms with Crippen LogP contribution in [0.5, 0.6) is 0 Å². The molecule has 174 valence electrons. The molecule has 0 bridgehead atoms. The normalized spacial score (nSPS) is 12.3. The maximum Gasteiger partial charge on any atom is 0.433 e. The zero-order valence-electron chi connectivity index (χ0n) is 17.8. The van der Waals surface area contributed by atoms with Crippen LogP contribution in [-0.2, 0) is 10.9 Å². The first-order chi connectivity index (χ1) is 15.7. The molecule has 1 unspecified atom stereocenters. The Labute approximate surface area is 187 Å². The van der Waals surface area contributed by atoms with Gasteiger partial charge in [-0.05, 0) is 42.3 Å². The van der Waals surface area contributed by atoms with Crippen molar-refractivity contribution in [1.29, 1.82) is 0 Å². The summed E-state index contributed by atoms with van der Waals surface area (Å²) < 4.78 is 43.5. The van der Waals surface area contributed by atoms with Gasteiger partial charge in [-0.2, -0.15) is 13.2 Å². The summed E-state index contributed by atoms with van der Waals surface area (Å²) in [5.41, 5.74) is 1.91. The van der Waals surface area contributed by atoms with Crippen molar-refractivity contribution < 1.29 is 27.8 Å². The Bertz CT molecular complexity index is 1110. The summed E-state index contributed by atoms with van der Waals surface area (Å²) in [6.07, 6.45) is -2.84. The number of nitrogens with zero attached hydrogens (tertiary/aromatic N) is 3. The molecule has 11 heteroatoms. The third-order valence-electron chi connectivity index (χ3n) is 4.47. The standard InChI is InChI=1S/C22H22F3N5O3/c1-13-7-15(9-16(8-13)29-21-26-6-5-19(30-21)22(23,24)25)14-3-4-18(27-10-14)20(32)28-11-17(31)12-33-2/h3-10,17,31H,11-12H2,1-2H3,(H,28,32)(H,26,29,30). The van der Waals surface area contributed by atoms with Crippen LogP contribution in [0.25, 0.3) is 11.1 Å². The molecule has 1 atom stereocenters. The lowest BCUT2D eigenvalue weighted by atomic mass is 10.0. The molecule has 0 spiro atoms. The summed E-state index contributed by atoms with van der Waals surface area (Å²) in [5, 5.41) is 15.0. The summed E-state index contributed by atoms with van der Waals surface area (Å²) in [4.78, 5) is 23.7. The second-order valence-corrected chi connectivity index (χ2v) is 7.23. The second-order valence-electron chi connectivity index (χ2n) is 7.23. The highest BCUT2D eigenvalue weighted by atomic mass is 19.4. The van der Waals surface area contributed by atoms with Crippen molar-refractivity contribution in [2.45, 2.75) is 19.2 Å². The van der Waals surface area contributed by atoms with E-state index < -0.39 is 23.9 Å². The number of amides is 1. The van der Waals surface area contributed by atoms with Crippen LogP contribution < -0.4 is 10.6 Å². The first-order valence-electron chi connectivity index (χ1n) is 9.86. The zero-order valence-corrected chi connectivity index (χ0v) is 17.8. The van der Waals surface area contributed by atoms with E-state index in [1.54, 1.807) is 24.3 Å². The minimum absolute atomic E-state index is 0.0284. The van der Waals surface area contributed by atoms with Crippen LogP contribution >= 0.6 is 0 Å². The average Bonchev–Trinajstić information content (AvgIpc) is 2.77. The second kappa shape index (κ2) is 10.4. The number of carbonyl (C=O) groups excluding carboxylic acids is 1. The van der Waals surface area contributed by atoms with Crippen LogP contribution in [0.15, 0.2) is 48.8 Å². The number of nitrogens with one attached hydrogen (secondary N) is 2. The predicted molar refractivity (Wildman–Crippen MR) is 115 cm³/mol. The van der Waals surface area contributed by atoms with Crippen LogP contribution in [-0.4, -0.2) is 52.3 Å². The van der Waals surface area contributed by atoms with Crippen LogP contribution in [0.4, 0.5) is 24.8 Å². The Kier molecular flexibility index (Phi) is 7.56. The summed E-state index contributed by atoms with van der Waals surface area (Å²) in [6, 6.07) is 9.37. The molecule has 2 heterocycles. The fourth-order valence-electron chi connectivity index (χ4n) is 2.98. The molecule has 0 saturated carbocycles. The minimum Gasteiger partial charge on any atom is -0.389 e. The van der Waals surface area contributed by atoms with Gasteiger partial charge in [-0.25, -0.2) is 9.97 Å². The summed E-state index contributed by atoms with van der Waals surface area (Å²) >= 11 is 0. The van der Waals surface area contributed by atoms with E-state index in [9.17, 15) is 23.1 Å². The van der Waals surface area contributed by atoms with Crippen molar-refractivity contribution in [3.05, 3.63) is 65.7 Å². The van der Waals surface area contributed by atoms with Gasteiger partial charge in [0.05, 0.1) is 12.7 Å². The molecule has 1 aromatic carbocycles. The van der Waals surface area contributed by atoms with Crippen molar-refractivity contribution >= 4 is 17.5 Å². The molecular weight excluding hydrogens is 439 g/mol. The number of aliphatic hydroxyl groups excluding tert-OH is 1. The van der Waals surface area contributed by atoms with Crippen molar-refractivity contribution in [3.63, 3.8) is 0 Å². The Balaban J connectivity index is 1.75. The Morgan fingerprint density at radius 2 is 1.94 bits per heavy atom. The lowest BCUT2D eigenvalue weighted by Crippen LogP contribution is -2.34. The number of halogens is 3.